The SMILES string of the molecule is O=C(O)N1CCC(Oc2cc(NCc3ccc(-c4ccccn4)s3)ncn2)CC1. The normalized spacial score (nSPS) is 14.6. The summed E-state index contributed by atoms with van der Waals surface area (Å²) in [5, 5.41) is 12.3. The smallest absolute Gasteiger partial charge is 0.407 e. The lowest BCUT2D eigenvalue weighted by Gasteiger charge is -2.29. The number of amides is 1. The van der Waals surface area contributed by atoms with Crippen LogP contribution in [0.15, 0.2) is 48.9 Å². The fourth-order valence-electron chi connectivity index (χ4n) is 3.13. The highest BCUT2D eigenvalue weighted by atomic mass is 32.1. The Morgan fingerprint density at radius 3 is 2.83 bits per heavy atom. The third kappa shape index (κ3) is 5.00. The highest BCUT2D eigenvalue weighted by Crippen LogP contribution is 2.27. The van der Waals surface area contributed by atoms with Crippen LogP contribution in [-0.4, -0.2) is 50.2 Å². The number of hydrogen-bond acceptors (Lipinski definition) is 7. The summed E-state index contributed by atoms with van der Waals surface area (Å²) in [6, 6.07) is 11.8. The summed E-state index contributed by atoms with van der Waals surface area (Å²) in [5.41, 5.74) is 0.968. The molecule has 0 radical (unpaired) electrons. The summed E-state index contributed by atoms with van der Waals surface area (Å²) < 4.78 is 5.92. The van der Waals surface area contributed by atoms with E-state index in [9.17, 15) is 4.79 Å². The van der Waals surface area contributed by atoms with E-state index in [4.69, 9.17) is 9.84 Å². The average Bonchev–Trinajstić information content (AvgIpc) is 3.23. The maximum Gasteiger partial charge on any atom is 0.407 e. The van der Waals surface area contributed by atoms with Gasteiger partial charge in [-0.25, -0.2) is 14.8 Å². The number of likely N-dealkylation sites (tertiary alicyclic amines) is 1. The molecule has 0 unspecified atom stereocenters. The summed E-state index contributed by atoms with van der Waals surface area (Å²) in [4.78, 5) is 27.5. The minimum atomic E-state index is -0.878. The van der Waals surface area contributed by atoms with Crippen molar-refractivity contribution in [1.82, 2.24) is 19.9 Å². The van der Waals surface area contributed by atoms with Gasteiger partial charge in [0.15, 0.2) is 0 Å². The molecule has 0 aliphatic carbocycles. The van der Waals surface area contributed by atoms with Crippen molar-refractivity contribution in [1.29, 1.82) is 0 Å². The van der Waals surface area contributed by atoms with Gasteiger partial charge < -0.3 is 20.1 Å². The molecule has 0 aromatic carbocycles. The Bertz CT molecular complexity index is 958. The molecule has 4 heterocycles. The zero-order chi connectivity index (χ0) is 20.1. The molecule has 3 aromatic heterocycles. The Kier molecular flexibility index (Phi) is 5.85. The summed E-state index contributed by atoms with van der Waals surface area (Å²) in [7, 11) is 0. The average molecular weight is 411 g/mol. The van der Waals surface area contributed by atoms with Crippen molar-refractivity contribution >= 4 is 23.2 Å². The van der Waals surface area contributed by atoms with Crippen molar-refractivity contribution in [3.05, 3.63) is 53.8 Å². The van der Waals surface area contributed by atoms with Crippen molar-refractivity contribution < 1.29 is 14.6 Å². The molecule has 1 fully saturated rings. The van der Waals surface area contributed by atoms with Gasteiger partial charge in [0, 0.05) is 43.1 Å². The molecule has 150 valence electrons. The van der Waals surface area contributed by atoms with Crippen LogP contribution in [0.1, 0.15) is 17.7 Å². The van der Waals surface area contributed by atoms with Gasteiger partial charge in [-0.2, -0.15) is 0 Å². The molecule has 0 atom stereocenters. The fourth-order valence-corrected chi connectivity index (χ4v) is 4.06. The third-order valence-electron chi connectivity index (χ3n) is 4.66. The maximum absolute atomic E-state index is 11.0. The molecular formula is C20H21N5O3S. The largest absolute Gasteiger partial charge is 0.474 e. The molecule has 3 aromatic rings. The molecule has 9 heteroatoms. The number of thiophene rings is 1. The number of anilines is 1. The molecule has 1 saturated heterocycles. The predicted molar refractivity (Wildman–Crippen MR) is 110 cm³/mol. The molecule has 4 rings (SSSR count). The minimum Gasteiger partial charge on any atom is -0.474 e. The first kappa shape index (κ1) is 19.1. The Balaban J connectivity index is 1.32. The molecule has 0 saturated carbocycles. The number of rotatable bonds is 6. The van der Waals surface area contributed by atoms with Gasteiger partial charge in [0.2, 0.25) is 5.88 Å². The van der Waals surface area contributed by atoms with Crippen molar-refractivity contribution in [3.63, 3.8) is 0 Å². The van der Waals surface area contributed by atoms with Crippen molar-refractivity contribution in [3.8, 4) is 16.5 Å². The van der Waals surface area contributed by atoms with Crippen LogP contribution in [0.3, 0.4) is 0 Å². The Morgan fingerprint density at radius 2 is 2.07 bits per heavy atom. The molecule has 0 bridgehead atoms. The van der Waals surface area contributed by atoms with E-state index in [0.717, 1.165) is 10.6 Å². The molecule has 1 aliphatic heterocycles. The van der Waals surface area contributed by atoms with Gasteiger partial charge >= 0.3 is 6.09 Å². The molecule has 0 spiro atoms. The predicted octanol–water partition coefficient (Wildman–Crippen LogP) is 3.73. The summed E-state index contributed by atoms with van der Waals surface area (Å²) >= 11 is 1.69. The van der Waals surface area contributed by atoms with Crippen molar-refractivity contribution in [2.75, 3.05) is 18.4 Å². The summed E-state index contributed by atoms with van der Waals surface area (Å²) in [6.45, 7) is 1.60. The summed E-state index contributed by atoms with van der Waals surface area (Å²) in [5.74, 6) is 1.18. The second-order valence-electron chi connectivity index (χ2n) is 6.66. The highest BCUT2D eigenvalue weighted by Gasteiger charge is 2.23. The number of ether oxygens (including phenoxy) is 1. The third-order valence-corrected chi connectivity index (χ3v) is 5.77. The number of carboxylic acid groups (broad SMARTS) is 1. The standard InChI is InChI=1S/C20H21N5O3S/c26-20(27)25-9-6-14(7-10-25)28-19-11-18(23-13-24-19)22-12-15-4-5-17(29-15)16-3-1-2-8-21-16/h1-5,8,11,13-14H,6-7,9-10,12H2,(H,26,27)(H,22,23,24). The zero-order valence-corrected chi connectivity index (χ0v) is 16.5. The zero-order valence-electron chi connectivity index (χ0n) is 15.7. The Hall–Kier alpha value is -3.20. The van der Waals surface area contributed by atoms with Crippen molar-refractivity contribution in [2.45, 2.75) is 25.5 Å². The first-order valence-electron chi connectivity index (χ1n) is 9.38. The van der Waals surface area contributed by atoms with Crippen LogP contribution in [0.2, 0.25) is 0 Å². The lowest BCUT2D eigenvalue weighted by atomic mass is 10.1. The number of pyridine rings is 1. The van der Waals surface area contributed by atoms with Gasteiger partial charge in [-0.1, -0.05) is 6.07 Å². The van der Waals surface area contributed by atoms with E-state index in [1.807, 2.05) is 18.2 Å². The number of piperidine rings is 1. The monoisotopic (exact) mass is 411 g/mol. The number of aromatic nitrogens is 3. The fraction of sp³-hybridized carbons (Fsp3) is 0.300. The first-order chi connectivity index (χ1) is 14.2. The number of nitrogens with zero attached hydrogens (tertiary/aromatic N) is 4. The molecule has 29 heavy (non-hydrogen) atoms. The lowest BCUT2D eigenvalue weighted by Crippen LogP contribution is -2.41. The van der Waals surface area contributed by atoms with E-state index < -0.39 is 6.09 Å². The van der Waals surface area contributed by atoms with E-state index in [-0.39, 0.29) is 6.10 Å². The minimum absolute atomic E-state index is 0.0356. The van der Waals surface area contributed by atoms with Gasteiger partial charge in [0.25, 0.3) is 0 Å². The first-order valence-corrected chi connectivity index (χ1v) is 10.2. The van der Waals surface area contributed by atoms with Crippen LogP contribution in [0.25, 0.3) is 10.6 Å². The quantitative estimate of drug-likeness (QED) is 0.637. The van der Waals surface area contributed by atoms with Gasteiger partial charge in [-0.15, -0.1) is 11.3 Å². The van der Waals surface area contributed by atoms with E-state index in [1.165, 1.54) is 16.1 Å². The van der Waals surface area contributed by atoms with Crippen molar-refractivity contribution in [2.24, 2.45) is 0 Å². The molecular weight excluding hydrogens is 390 g/mol. The summed E-state index contributed by atoms with van der Waals surface area (Å²) in [6.07, 6.45) is 3.66. The lowest BCUT2D eigenvalue weighted by molar-refractivity contribution is 0.0870. The van der Waals surface area contributed by atoms with Crippen LogP contribution < -0.4 is 10.1 Å². The number of carbonyl (C=O) groups is 1. The molecule has 1 aliphatic rings. The molecule has 8 nitrogen and oxygen atoms in total. The molecule has 1 amide bonds. The maximum atomic E-state index is 11.0. The van der Waals surface area contributed by atoms with Gasteiger partial charge in [0.1, 0.15) is 18.2 Å². The van der Waals surface area contributed by atoms with Gasteiger partial charge in [-0.05, 0) is 24.3 Å². The molecule has 2 N–H and O–H groups in total. The topological polar surface area (TPSA) is 100 Å². The van der Waals surface area contributed by atoms with Gasteiger partial charge in [-0.3, -0.25) is 4.98 Å². The van der Waals surface area contributed by atoms with E-state index in [0.29, 0.717) is 44.2 Å². The van der Waals surface area contributed by atoms with E-state index >= 15 is 0 Å². The number of nitrogens with one attached hydrogen (secondary N) is 1. The highest BCUT2D eigenvalue weighted by molar-refractivity contribution is 7.15. The Morgan fingerprint density at radius 1 is 1.21 bits per heavy atom. The van der Waals surface area contributed by atoms with Crippen LogP contribution in [0.5, 0.6) is 5.88 Å². The van der Waals surface area contributed by atoms with Crippen LogP contribution in [0.4, 0.5) is 10.6 Å². The number of hydrogen-bond donors (Lipinski definition) is 2. The van der Waals surface area contributed by atoms with Gasteiger partial charge in [0.05, 0.1) is 17.1 Å². The Labute approximate surface area is 172 Å². The second-order valence-corrected chi connectivity index (χ2v) is 7.83. The van der Waals surface area contributed by atoms with E-state index in [2.05, 4.69) is 32.4 Å². The van der Waals surface area contributed by atoms with Crippen LogP contribution >= 0.6 is 11.3 Å². The van der Waals surface area contributed by atoms with E-state index in [1.54, 1.807) is 23.6 Å². The van der Waals surface area contributed by atoms with Crippen LogP contribution in [0, 0.1) is 0 Å². The van der Waals surface area contributed by atoms with Crippen LogP contribution in [-0.2, 0) is 6.54 Å². The second kappa shape index (κ2) is 8.87.